The fourth-order valence-corrected chi connectivity index (χ4v) is 1.04. The summed E-state index contributed by atoms with van der Waals surface area (Å²) in [5.74, 6) is 0. The van der Waals surface area contributed by atoms with E-state index in [1.54, 1.807) is 6.92 Å². The fourth-order valence-electron chi connectivity index (χ4n) is 1.04. The van der Waals surface area contributed by atoms with E-state index in [4.69, 9.17) is 5.11 Å². The van der Waals surface area contributed by atoms with Gasteiger partial charge in [0.25, 0.3) is 0 Å². The van der Waals surface area contributed by atoms with E-state index in [1.807, 2.05) is 24.3 Å². The van der Waals surface area contributed by atoms with Gasteiger partial charge in [-0.25, -0.2) is 0 Å². The van der Waals surface area contributed by atoms with Gasteiger partial charge in [0.2, 0.25) is 0 Å². The van der Waals surface area contributed by atoms with Crippen LogP contribution in [-0.4, -0.2) is 20.1 Å². The third kappa shape index (κ3) is 1.06. The third-order valence-corrected chi connectivity index (χ3v) is 1.64. The molecule has 2 aromatic rings. The molecular weight excluding hydrogens is 154 g/mol. The van der Waals surface area contributed by atoms with Crippen molar-refractivity contribution >= 4 is 11.0 Å². The van der Waals surface area contributed by atoms with Gasteiger partial charge in [0.05, 0.1) is 0 Å². The van der Waals surface area contributed by atoms with Crippen LogP contribution in [0.25, 0.3) is 11.0 Å². The van der Waals surface area contributed by atoms with E-state index in [0.717, 1.165) is 11.0 Å². The first-order chi connectivity index (χ1) is 5.77. The van der Waals surface area contributed by atoms with Crippen molar-refractivity contribution in [1.82, 2.24) is 15.0 Å². The molecule has 12 heavy (non-hydrogen) atoms. The number of rotatable bonds is 1. The van der Waals surface area contributed by atoms with E-state index in [0.29, 0.717) is 0 Å². The van der Waals surface area contributed by atoms with Crippen LogP contribution < -0.4 is 0 Å². The Morgan fingerprint density at radius 2 is 1.75 bits per heavy atom. The predicted octanol–water partition coefficient (Wildman–Crippen LogP) is 0.942. The van der Waals surface area contributed by atoms with Crippen LogP contribution in [0.2, 0.25) is 0 Å². The van der Waals surface area contributed by atoms with Gasteiger partial charge in [-0.3, -0.25) is 0 Å². The first kappa shape index (κ1) is 7.24. The maximum Gasteiger partial charge on any atom is 0.163 e. The molecule has 1 heterocycles. The van der Waals surface area contributed by atoms with Crippen molar-refractivity contribution in [3.8, 4) is 0 Å². The third-order valence-electron chi connectivity index (χ3n) is 1.64. The van der Waals surface area contributed by atoms with Gasteiger partial charge in [-0.15, -0.1) is 0 Å². The molecule has 2 rings (SSSR count). The molecule has 0 aliphatic rings. The number of aliphatic hydroxyl groups is 1. The van der Waals surface area contributed by atoms with Crippen molar-refractivity contribution < 1.29 is 5.11 Å². The lowest BCUT2D eigenvalue weighted by molar-refractivity contribution is 0.0959. The van der Waals surface area contributed by atoms with E-state index < -0.39 is 6.23 Å². The summed E-state index contributed by atoms with van der Waals surface area (Å²) in [6, 6.07) is 7.51. The molecule has 62 valence electrons. The minimum absolute atomic E-state index is 0.669. The van der Waals surface area contributed by atoms with Gasteiger partial charge >= 0.3 is 0 Å². The molecule has 0 saturated heterocycles. The van der Waals surface area contributed by atoms with Crippen LogP contribution in [0.15, 0.2) is 24.3 Å². The van der Waals surface area contributed by atoms with Crippen molar-refractivity contribution in [2.75, 3.05) is 0 Å². The maximum atomic E-state index is 9.16. The molecule has 0 aliphatic heterocycles. The topological polar surface area (TPSA) is 50.9 Å². The van der Waals surface area contributed by atoms with Crippen molar-refractivity contribution in [2.24, 2.45) is 0 Å². The Morgan fingerprint density at radius 1 is 1.25 bits per heavy atom. The van der Waals surface area contributed by atoms with E-state index >= 15 is 0 Å². The molecule has 0 spiro atoms. The average molecular weight is 163 g/mol. The van der Waals surface area contributed by atoms with Gasteiger partial charge in [0.1, 0.15) is 11.0 Å². The van der Waals surface area contributed by atoms with E-state index in [-0.39, 0.29) is 0 Å². The van der Waals surface area contributed by atoms with E-state index in [1.165, 1.54) is 4.80 Å². The molecule has 1 aromatic carbocycles. The molecule has 0 bridgehead atoms. The monoisotopic (exact) mass is 163 g/mol. The van der Waals surface area contributed by atoms with Gasteiger partial charge in [-0.05, 0) is 19.1 Å². The molecular formula is C8H9N3O. The molecule has 1 unspecified atom stereocenters. The fraction of sp³-hybridized carbons (Fsp3) is 0.250. The molecule has 0 radical (unpaired) electrons. The first-order valence-corrected chi connectivity index (χ1v) is 3.77. The van der Waals surface area contributed by atoms with Crippen LogP contribution in [0.3, 0.4) is 0 Å². The quantitative estimate of drug-likeness (QED) is 0.680. The lowest BCUT2D eigenvalue weighted by atomic mass is 10.3. The van der Waals surface area contributed by atoms with Crippen LogP contribution in [0.5, 0.6) is 0 Å². The highest BCUT2D eigenvalue weighted by molar-refractivity contribution is 5.72. The largest absolute Gasteiger partial charge is 0.370 e. The number of nitrogens with zero attached hydrogens (tertiary/aromatic N) is 3. The van der Waals surface area contributed by atoms with Crippen molar-refractivity contribution in [1.29, 1.82) is 0 Å². The summed E-state index contributed by atoms with van der Waals surface area (Å²) in [6.45, 7) is 1.62. The summed E-state index contributed by atoms with van der Waals surface area (Å²) >= 11 is 0. The number of hydrogen-bond donors (Lipinski definition) is 1. The number of benzene rings is 1. The van der Waals surface area contributed by atoms with Gasteiger partial charge in [0.15, 0.2) is 6.23 Å². The summed E-state index contributed by atoms with van der Waals surface area (Å²) in [5, 5.41) is 17.3. The molecule has 0 aliphatic carbocycles. The molecule has 0 amide bonds. The smallest absolute Gasteiger partial charge is 0.163 e. The van der Waals surface area contributed by atoms with Crippen molar-refractivity contribution in [2.45, 2.75) is 13.2 Å². The van der Waals surface area contributed by atoms with Crippen LogP contribution in [0.4, 0.5) is 0 Å². The molecule has 0 saturated carbocycles. The molecule has 4 heteroatoms. The van der Waals surface area contributed by atoms with Crippen molar-refractivity contribution in [3.05, 3.63) is 24.3 Å². The second kappa shape index (κ2) is 2.57. The first-order valence-electron chi connectivity index (χ1n) is 3.77. The Morgan fingerprint density at radius 3 is 2.17 bits per heavy atom. The van der Waals surface area contributed by atoms with E-state index in [9.17, 15) is 0 Å². The molecule has 0 fully saturated rings. The molecule has 1 aromatic heterocycles. The lowest BCUT2D eigenvalue weighted by Crippen LogP contribution is -2.06. The SMILES string of the molecule is CC(O)n1nc2ccccc2n1. The van der Waals surface area contributed by atoms with Crippen molar-refractivity contribution in [3.63, 3.8) is 0 Å². The maximum absolute atomic E-state index is 9.16. The second-order valence-corrected chi connectivity index (χ2v) is 2.64. The average Bonchev–Trinajstić information content (AvgIpc) is 2.46. The van der Waals surface area contributed by atoms with Gasteiger partial charge in [-0.1, -0.05) is 12.1 Å². The molecule has 1 atom stereocenters. The highest BCUT2D eigenvalue weighted by atomic mass is 16.3. The van der Waals surface area contributed by atoms with Crippen LogP contribution in [0.1, 0.15) is 13.2 Å². The van der Waals surface area contributed by atoms with E-state index in [2.05, 4.69) is 10.2 Å². The van der Waals surface area contributed by atoms with Crippen LogP contribution in [-0.2, 0) is 0 Å². The zero-order valence-electron chi connectivity index (χ0n) is 6.68. The molecule has 1 N–H and O–H groups in total. The summed E-state index contributed by atoms with van der Waals surface area (Å²) in [7, 11) is 0. The zero-order chi connectivity index (χ0) is 8.55. The number of aromatic nitrogens is 3. The summed E-state index contributed by atoms with van der Waals surface area (Å²) in [5.41, 5.74) is 1.61. The second-order valence-electron chi connectivity index (χ2n) is 2.64. The standard InChI is InChI=1S/C8H9N3O/c1-6(12)11-9-7-4-2-3-5-8(7)10-11/h2-6,12H,1H3. The van der Waals surface area contributed by atoms with Gasteiger partial charge in [-0.2, -0.15) is 15.0 Å². The zero-order valence-corrected chi connectivity index (χ0v) is 6.68. The summed E-state index contributed by atoms with van der Waals surface area (Å²) < 4.78 is 0. The lowest BCUT2D eigenvalue weighted by Gasteiger charge is -1.98. The van der Waals surface area contributed by atoms with Gasteiger partial charge < -0.3 is 5.11 Å². The molecule has 4 nitrogen and oxygen atoms in total. The Labute approximate surface area is 69.4 Å². The van der Waals surface area contributed by atoms with Crippen LogP contribution >= 0.6 is 0 Å². The number of aliphatic hydroxyl groups excluding tert-OH is 1. The predicted molar refractivity (Wildman–Crippen MR) is 44.5 cm³/mol. The Balaban J connectivity index is 2.62. The van der Waals surface area contributed by atoms with Gasteiger partial charge in [0, 0.05) is 0 Å². The summed E-state index contributed by atoms with van der Waals surface area (Å²) in [6.07, 6.45) is -0.669. The summed E-state index contributed by atoms with van der Waals surface area (Å²) in [4.78, 5) is 1.30. The minimum atomic E-state index is -0.669. The Kier molecular flexibility index (Phi) is 1.55. The highest BCUT2D eigenvalue weighted by Crippen LogP contribution is 2.08. The number of fused-ring (bicyclic) bond motifs is 1. The number of hydrogen-bond acceptors (Lipinski definition) is 3. The van der Waals surface area contributed by atoms with Crippen LogP contribution in [0, 0.1) is 0 Å². The Hall–Kier alpha value is -1.42. The minimum Gasteiger partial charge on any atom is -0.370 e. The highest BCUT2D eigenvalue weighted by Gasteiger charge is 2.03. The Bertz CT molecular complexity index is 361. The normalized spacial score (nSPS) is 13.5.